The van der Waals surface area contributed by atoms with Crippen LogP contribution in [-0.4, -0.2) is 34.9 Å². The summed E-state index contributed by atoms with van der Waals surface area (Å²) in [5.74, 6) is -0.415. The number of fused-ring (bicyclic) bond motifs is 1. The van der Waals surface area contributed by atoms with Gasteiger partial charge in [-0.1, -0.05) is 6.07 Å². The van der Waals surface area contributed by atoms with Crippen molar-refractivity contribution in [2.45, 2.75) is 30.2 Å². The smallest absolute Gasteiger partial charge is 0.221 e. The molecular weight excluding hydrogens is 298 g/mol. The van der Waals surface area contributed by atoms with Crippen LogP contribution in [-0.2, 0) is 14.6 Å². The molecular formula is C12H13N3O3S2. The Morgan fingerprint density at radius 1 is 1.35 bits per heavy atom. The van der Waals surface area contributed by atoms with E-state index in [0.29, 0.717) is 11.0 Å². The second-order valence-electron chi connectivity index (χ2n) is 4.80. The molecule has 0 radical (unpaired) electrons. The van der Waals surface area contributed by atoms with Crippen LogP contribution in [0.4, 0.5) is 0 Å². The number of sulfone groups is 1. The van der Waals surface area contributed by atoms with Crippen LogP contribution in [0.15, 0.2) is 23.1 Å². The van der Waals surface area contributed by atoms with Crippen molar-refractivity contribution in [1.82, 2.24) is 14.1 Å². The largest absolute Gasteiger partial charge is 0.353 e. The maximum absolute atomic E-state index is 12.3. The first-order valence-corrected chi connectivity index (χ1v) is 8.68. The van der Waals surface area contributed by atoms with Crippen molar-refractivity contribution in [3.05, 3.63) is 18.2 Å². The van der Waals surface area contributed by atoms with Gasteiger partial charge in [0.2, 0.25) is 5.91 Å². The Balaban J connectivity index is 1.77. The SMILES string of the molecule is O=C(CCS(=O)(=O)c1cccc2nsnc12)NC1CC1. The number of hydrogen-bond donors (Lipinski definition) is 1. The molecule has 8 heteroatoms. The van der Waals surface area contributed by atoms with Gasteiger partial charge in [0.1, 0.15) is 11.0 Å². The maximum atomic E-state index is 12.3. The van der Waals surface area contributed by atoms with E-state index in [1.54, 1.807) is 12.1 Å². The summed E-state index contributed by atoms with van der Waals surface area (Å²) in [6, 6.07) is 5.12. The Bertz CT molecular complexity index is 750. The van der Waals surface area contributed by atoms with Crippen LogP contribution >= 0.6 is 11.7 Å². The number of nitrogens with one attached hydrogen (secondary N) is 1. The van der Waals surface area contributed by atoms with Gasteiger partial charge in [0.15, 0.2) is 9.84 Å². The molecule has 0 atom stereocenters. The zero-order chi connectivity index (χ0) is 14.2. The van der Waals surface area contributed by atoms with Gasteiger partial charge in [-0.05, 0) is 25.0 Å². The highest BCUT2D eigenvalue weighted by Gasteiger charge is 2.25. The van der Waals surface area contributed by atoms with Crippen molar-refractivity contribution in [2.75, 3.05) is 5.75 Å². The first-order chi connectivity index (χ1) is 9.56. The molecule has 1 aromatic carbocycles. The van der Waals surface area contributed by atoms with Crippen molar-refractivity contribution in [2.24, 2.45) is 0 Å². The summed E-state index contributed by atoms with van der Waals surface area (Å²) in [6.45, 7) is 0. The van der Waals surface area contributed by atoms with Crippen molar-refractivity contribution in [3.63, 3.8) is 0 Å². The molecule has 6 nitrogen and oxygen atoms in total. The van der Waals surface area contributed by atoms with E-state index in [4.69, 9.17) is 0 Å². The van der Waals surface area contributed by atoms with Crippen LogP contribution in [0.3, 0.4) is 0 Å². The van der Waals surface area contributed by atoms with Gasteiger partial charge in [-0.3, -0.25) is 4.79 Å². The monoisotopic (exact) mass is 311 g/mol. The second kappa shape index (κ2) is 5.10. The van der Waals surface area contributed by atoms with E-state index in [0.717, 1.165) is 24.6 Å². The minimum absolute atomic E-state index is 0.0210. The number of nitrogens with zero attached hydrogens (tertiary/aromatic N) is 2. The molecule has 1 N–H and O–H groups in total. The van der Waals surface area contributed by atoms with Crippen LogP contribution in [0.1, 0.15) is 19.3 Å². The lowest BCUT2D eigenvalue weighted by Crippen LogP contribution is -2.27. The van der Waals surface area contributed by atoms with E-state index in [1.165, 1.54) is 6.07 Å². The number of carbonyl (C=O) groups is 1. The average Bonchev–Trinajstić information content (AvgIpc) is 3.09. The van der Waals surface area contributed by atoms with Crippen LogP contribution in [0.2, 0.25) is 0 Å². The molecule has 0 unspecified atom stereocenters. The summed E-state index contributed by atoms with van der Waals surface area (Å²) in [5, 5.41) is 2.78. The highest BCUT2D eigenvalue weighted by Crippen LogP contribution is 2.23. The van der Waals surface area contributed by atoms with Crippen molar-refractivity contribution in [3.8, 4) is 0 Å². The quantitative estimate of drug-likeness (QED) is 0.894. The van der Waals surface area contributed by atoms with E-state index in [1.807, 2.05) is 0 Å². The number of aromatic nitrogens is 2. The van der Waals surface area contributed by atoms with Crippen molar-refractivity contribution in [1.29, 1.82) is 0 Å². The molecule has 1 fully saturated rings. The van der Waals surface area contributed by atoms with Crippen LogP contribution in [0, 0.1) is 0 Å². The minimum atomic E-state index is -3.52. The van der Waals surface area contributed by atoms with Crippen LogP contribution < -0.4 is 5.32 Å². The molecule has 106 valence electrons. The van der Waals surface area contributed by atoms with Crippen LogP contribution in [0.25, 0.3) is 11.0 Å². The molecule has 20 heavy (non-hydrogen) atoms. The predicted molar refractivity (Wildman–Crippen MR) is 75.2 cm³/mol. The fourth-order valence-corrected chi connectivity index (χ4v) is 3.91. The molecule has 2 aromatic rings. The molecule has 1 aromatic heterocycles. The van der Waals surface area contributed by atoms with E-state index >= 15 is 0 Å². The summed E-state index contributed by atoms with van der Waals surface area (Å²) >= 11 is 0.980. The lowest BCUT2D eigenvalue weighted by molar-refractivity contribution is -0.120. The van der Waals surface area contributed by atoms with Gasteiger partial charge in [-0.2, -0.15) is 8.75 Å². The highest BCUT2D eigenvalue weighted by molar-refractivity contribution is 7.91. The summed E-state index contributed by atoms with van der Waals surface area (Å²) in [4.78, 5) is 11.7. The highest BCUT2D eigenvalue weighted by atomic mass is 32.2. The number of amides is 1. The number of hydrogen-bond acceptors (Lipinski definition) is 6. The van der Waals surface area contributed by atoms with Crippen LogP contribution in [0.5, 0.6) is 0 Å². The fraction of sp³-hybridized carbons (Fsp3) is 0.417. The molecule has 1 aliphatic rings. The molecule has 0 bridgehead atoms. The minimum Gasteiger partial charge on any atom is -0.353 e. The predicted octanol–water partition coefficient (Wildman–Crippen LogP) is 1.13. The molecule has 3 rings (SSSR count). The Hall–Kier alpha value is -1.54. The number of rotatable bonds is 5. The summed E-state index contributed by atoms with van der Waals surface area (Å²) in [5.41, 5.74) is 0.957. The Morgan fingerprint density at radius 3 is 2.90 bits per heavy atom. The Labute approximate surface area is 120 Å². The number of carbonyl (C=O) groups excluding carboxylic acids is 1. The number of benzene rings is 1. The third-order valence-electron chi connectivity index (χ3n) is 3.12. The Kier molecular flexibility index (Phi) is 3.43. The first-order valence-electron chi connectivity index (χ1n) is 6.30. The standard InChI is InChI=1S/C12H13N3O3S2/c16-11(13-8-4-5-8)6-7-20(17,18)10-3-1-2-9-12(10)15-19-14-9/h1-3,8H,4-7H2,(H,13,16). The van der Waals surface area contributed by atoms with Gasteiger partial charge < -0.3 is 5.32 Å². The third-order valence-corrected chi connectivity index (χ3v) is 5.41. The van der Waals surface area contributed by atoms with Gasteiger partial charge in [0.05, 0.1) is 22.4 Å². The van der Waals surface area contributed by atoms with Gasteiger partial charge in [-0.25, -0.2) is 8.42 Å². The lowest BCUT2D eigenvalue weighted by atomic mass is 10.3. The molecule has 0 aliphatic heterocycles. The van der Waals surface area contributed by atoms with E-state index < -0.39 is 9.84 Å². The Morgan fingerprint density at radius 2 is 2.15 bits per heavy atom. The van der Waals surface area contributed by atoms with Gasteiger partial charge in [-0.15, -0.1) is 0 Å². The van der Waals surface area contributed by atoms with Crippen molar-refractivity contribution >= 4 is 38.5 Å². The van der Waals surface area contributed by atoms with E-state index in [-0.39, 0.29) is 29.0 Å². The van der Waals surface area contributed by atoms with Crippen molar-refractivity contribution < 1.29 is 13.2 Å². The molecule has 0 saturated heterocycles. The lowest BCUT2D eigenvalue weighted by Gasteiger charge is -2.05. The molecule has 1 heterocycles. The van der Waals surface area contributed by atoms with Gasteiger partial charge in [0.25, 0.3) is 0 Å². The average molecular weight is 311 g/mol. The zero-order valence-corrected chi connectivity index (χ0v) is 12.2. The molecule has 1 amide bonds. The fourth-order valence-electron chi connectivity index (χ4n) is 1.90. The summed E-state index contributed by atoms with van der Waals surface area (Å²) in [7, 11) is -3.52. The normalized spacial score (nSPS) is 15.4. The first kappa shape index (κ1) is 13.4. The summed E-state index contributed by atoms with van der Waals surface area (Å²) < 4.78 is 32.7. The second-order valence-corrected chi connectivity index (χ2v) is 7.40. The van der Waals surface area contributed by atoms with Gasteiger partial charge in [0, 0.05) is 12.5 Å². The molecule has 1 saturated carbocycles. The van der Waals surface area contributed by atoms with E-state index in [9.17, 15) is 13.2 Å². The maximum Gasteiger partial charge on any atom is 0.221 e. The van der Waals surface area contributed by atoms with Gasteiger partial charge >= 0.3 is 0 Å². The molecule has 1 aliphatic carbocycles. The van der Waals surface area contributed by atoms with E-state index in [2.05, 4.69) is 14.1 Å². The topological polar surface area (TPSA) is 89.0 Å². The zero-order valence-electron chi connectivity index (χ0n) is 10.6. The third kappa shape index (κ3) is 2.80. The summed E-state index contributed by atoms with van der Waals surface area (Å²) in [6.07, 6.45) is 1.96. The molecule has 0 spiro atoms.